The third-order valence-electron chi connectivity index (χ3n) is 4.81. The molecule has 3 rings (SSSR count). The summed E-state index contributed by atoms with van der Waals surface area (Å²) in [6, 6.07) is 1.64. The molecule has 1 fully saturated rings. The Morgan fingerprint density at radius 2 is 2.00 bits per heavy atom. The summed E-state index contributed by atoms with van der Waals surface area (Å²) < 4.78 is 14.8. The van der Waals surface area contributed by atoms with Crippen LogP contribution in [0.15, 0.2) is 21.9 Å². The van der Waals surface area contributed by atoms with Gasteiger partial charge in [-0.25, -0.2) is 4.79 Å². The third-order valence-corrected chi connectivity index (χ3v) is 4.81. The Bertz CT molecular complexity index is 926. The standard InChI is InChI=1S/C17H24N4O5/c1-18-15-13(16(23)19(2)17(18)24)5-7-21(15)11-14(22)20-6-4-12(10-20)26-9-8-25-3/h5,7,12H,4,6,8-11H2,1-3H3. The van der Waals surface area contributed by atoms with Crippen molar-refractivity contribution in [2.45, 2.75) is 19.1 Å². The van der Waals surface area contributed by atoms with Crippen LogP contribution >= 0.6 is 0 Å². The molecule has 0 aromatic carbocycles. The van der Waals surface area contributed by atoms with Gasteiger partial charge in [-0.1, -0.05) is 0 Å². The van der Waals surface area contributed by atoms with Gasteiger partial charge in [0.15, 0.2) is 0 Å². The number of aryl methyl sites for hydroxylation is 1. The van der Waals surface area contributed by atoms with Gasteiger partial charge in [0.2, 0.25) is 5.91 Å². The molecule has 0 bridgehead atoms. The second-order valence-electron chi connectivity index (χ2n) is 6.50. The van der Waals surface area contributed by atoms with E-state index in [1.54, 1.807) is 35.9 Å². The first-order valence-electron chi connectivity index (χ1n) is 8.57. The molecule has 9 nitrogen and oxygen atoms in total. The molecule has 1 atom stereocenters. The molecule has 0 radical (unpaired) electrons. The van der Waals surface area contributed by atoms with Gasteiger partial charge in [-0.15, -0.1) is 0 Å². The molecule has 26 heavy (non-hydrogen) atoms. The molecule has 1 aliphatic heterocycles. The van der Waals surface area contributed by atoms with Crippen LogP contribution < -0.4 is 11.2 Å². The van der Waals surface area contributed by atoms with Crippen LogP contribution in [0.25, 0.3) is 11.0 Å². The van der Waals surface area contributed by atoms with Crippen molar-refractivity contribution < 1.29 is 14.3 Å². The smallest absolute Gasteiger partial charge is 0.332 e. The minimum absolute atomic E-state index is 0.0205. The van der Waals surface area contributed by atoms with Gasteiger partial charge in [-0.2, -0.15) is 0 Å². The molecule has 0 aliphatic carbocycles. The Morgan fingerprint density at radius 3 is 2.73 bits per heavy atom. The van der Waals surface area contributed by atoms with Crippen LogP contribution in [0.1, 0.15) is 6.42 Å². The Balaban J connectivity index is 1.75. The number of likely N-dealkylation sites (tertiary alicyclic amines) is 1. The molecule has 9 heteroatoms. The molecule has 0 saturated carbocycles. The highest BCUT2D eigenvalue weighted by Gasteiger charge is 2.27. The van der Waals surface area contributed by atoms with Crippen molar-refractivity contribution in [3.8, 4) is 0 Å². The number of methoxy groups -OCH3 is 1. The number of nitrogens with zero attached hydrogens (tertiary/aromatic N) is 4. The van der Waals surface area contributed by atoms with Crippen molar-refractivity contribution in [3.63, 3.8) is 0 Å². The third kappa shape index (κ3) is 3.32. The zero-order valence-electron chi connectivity index (χ0n) is 15.3. The molecule has 1 aliphatic rings. The molecular weight excluding hydrogens is 340 g/mol. The largest absolute Gasteiger partial charge is 0.382 e. The molecule has 3 heterocycles. The van der Waals surface area contributed by atoms with Crippen LogP contribution in [-0.4, -0.2) is 64.0 Å². The normalized spacial score (nSPS) is 17.3. The number of amides is 1. The molecule has 142 valence electrons. The first-order chi connectivity index (χ1) is 12.4. The van der Waals surface area contributed by atoms with Crippen LogP contribution in [0, 0.1) is 0 Å². The van der Waals surface area contributed by atoms with Gasteiger partial charge in [-0.3, -0.25) is 18.7 Å². The topological polar surface area (TPSA) is 87.7 Å². The van der Waals surface area contributed by atoms with Crippen LogP contribution in [0.2, 0.25) is 0 Å². The first-order valence-corrected chi connectivity index (χ1v) is 8.57. The van der Waals surface area contributed by atoms with E-state index in [4.69, 9.17) is 9.47 Å². The van der Waals surface area contributed by atoms with Gasteiger partial charge in [0.05, 0.1) is 24.7 Å². The minimum Gasteiger partial charge on any atom is -0.382 e. The highest BCUT2D eigenvalue weighted by atomic mass is 16.5. The Morgan fingerprint density at radius 1 is 1.23 bits per heavy atom. The summed E-state index contributed by atoms with van der Waals surface area (Å²) >= 11 is 0. The Hall–Kier alpha value is -2.39. The maximum absolute atomic E-state index is 12.6. The number of hydrogen-bond donors (Lipinski definition) is 0. The summed E-state index contributed by atoms with van der Waals surface area (Å²) in [4.78, 5) is 38.8. The second kappa shape index (κ2) is 7.46. The highest BCUT2D eigenvalue weighted by molar-refractivity contribution is 5.81. The van der Waals surface area contributed by atoms with Crippen molar-refractivity contribution in [2.75, 3.05) is 33.4 Å². The summed E-state index contributed by atoms with van der Waals surface area (Å²) in [6.45, 7) is 2.30. The van der Waals surface area contributed by atoms with Crippen molar-refractivity contribution in [1.29, 1.82) is 0 Å². The minimum atomic E-state index is -0.414. The second-order valence-corrected chi connectivity index (χ2v) is 6.50. The Kier molecular flexibility index (Phi) is 5.28. The zero-order chi connectivity index (χ0) is 18.8. The lowest BCUT2D eigenvalue weighted by atomic mass is 10.3. The van der Waals surface area contributed by atoms with E-state index >= 15 is 0 Å². The van der Waals surface area contributed by atoms with Crippen LogP contribution in [0.4, 0.5) is 0 Å². The average Bonchev–Trinajstić information content (AvgIpc) is 3.26. The summed E-state index contributed by atoms with van der Waals surface area (Å²) in [7, 11) is 4.66. The van der Waals surface area contributed by atoms with Crippen LogP contribution in [0.3, 0.4) is 0 Å². The Labute approximate surface area is 150 Å². The molecular formula is C17H24N4O5. The molecule has 0 spiro atoms. The van der Waals surface area contributed by atoms with E-state index in [0.29, 0.717) is 37.3 Å². The molecule has 1 amide bonds. The van der Waals surface area contributed by atoms with E-state index in [9.17, 15) is 14.4 Å². The number of hydrogen-bond acceptors (Lipinski definition) is 5. The maximum atomic E-state index is 12.6. The maximum Gasteiger partial charge on any atom is 0.332 e. The van der Waals surface area contributed by atoms with E-state index in [1.807, 2.05) is 0 Å². The fraction of sp³-hybridized carbons (Fsp3) is 0.588. The predicted molar refractivity (Wildman–Crippen MR) is 95.2 cm³/mol. The van der Waals surface area contributed by atoms with Gasteiger partial charge in [-0.05, 0) is 12.5 Å². The van der Waals surface area contributed by atoms with Crippen molar-refractivity contribution in [3.05, 3.63) is 33.1 Å². The molecule has 2 aromatic heterocycles. The lowest BCUT2D eigenvalue weighted by Crippen LogP contribution is -2.38. The number of rotatable bonds is 6. The number of carbonyl (C=O) groups excluding carboxylic acids is 1. The van der Waals surface area contributed by atoms with Crippen molar-refractivity contribution >= 4 is 16.9 Å². The van der Waals surface area contributed by atoms with Gasteiger partial charge in [0, 0.05) is 40.5 Å². The van der Waals surface area contributed by atoms with E-state index in [0.717, 1.165) is 11.0 Å². The van der Waals surface area contributed by atoms with Gasteiger partial charge < -0.3 is 18.9 Å². The fourth-order valence-corrected chi connectivity index (χ4v) is 3.35. The van der Waals surface area contributed by atoms with Crippen LogP contribution in [-0.2, 0) is 34.9 Å². The number of ether oxygens (including phenoxy) is 2. The summed E-state index contributed by atoms with van der Waals surface area (Å²) in [5, 5.41) is 0.421. The van der Waals surface area contributed by atoms with E-state index < -0.39 is 5.69 Å². The van der Waals surface area contributed by atoms with E-state index in [2.05, 4.69) is 0 Å². The van der Waals surface area contributed by atoms with E-state index in [-0.39, 0.29) is 24.1 Å². The van der Waals surface area contributed by atoms with Gasteiger partial charge >= 0.3 is 5.69 Å². The van der Waals surface area contributed by atoms with E-state index in [1.165, 1.54) is 11.6 Å². The van der Waals surface area contributed by atoms with Gasteiger partial charge in [0.1, 0.15) is 12.2 Å². The number of fused-ring (bicyclic) bond motifs is 1. The lowest BCUT2D eigenvalue weighted by Gasteiger charge is -2.18. The summed E-state index contributed by atoms with van der Waals surface area (Å²) in [5.41, 5.74) is -0.316. The highest BCUT2D eigenvalue weighted by Crippen LogP contribution is 2.15. The fourth-order valence-electron chi connectivity index (χ4n) is 3.35. The zero-order valence-corrected chi connectivity index (χ0v) is 15.3. The molecule has 1 unspecified atom stereocenters. The average molecular weight is 364 g/mol. The summed E-state index contributed by atoms with van der Waals surface area (Å²) in [5.74, 6) is -0.0616. The first kappa shape index (κ1) is 18.4. The van der Waals surface area contributed by atoms with Crippen LogP contribution in [0.5, 0.6) is 0 Å². The van der Waals surface area contributed by atoms with Gasteiger partial charge in [0.25, 0.3) is 5.56 Å². The van der Waals surface area contributed by atoms with Crippen molar-refractivity contribution in [2.24, 2.45) is 14.1 Å². The predicted octanol–water partition coefficient (Wildman–Crippen LogP) is -0.697. The molecule has 2 aromatic rings. The SMILES string of the molecule is COCCOC1CCN(C(=O)Cn2ccc3c(=O)n(C)c(=O)n(C)c32)C1. The lowest BCUT2D eigenvalue weighted by molar-refractivity contribution is -0.131. The number of carbonyl (C=O) groups is 1. The van der Waals surface area contributed by atoms with Crippen molar-refractivity contribution in [1.82, 2.24) is 18.6 Å². The number of aromatic nitrogens is 3. The molecule has 0 N–H and O–H groups in total. The monoisotopic (exact) mass is 364 g/mol. The quantitative estimate of drug-likeness (QED) is 0.633. The summed E-state index contributed by atoms with van der Waals surface area (Å²) in [6.07, 6.45) is 2.49. The molecule has 1 saturated heterocycles.